The van der Waals surface area contributed by atoms with Crippen molar-refractivity contribution in [2.75, 3.05) is 0 Å². The lowest BCUT2D eigenvalue weighted by molar-refractivity contribution is -0.121. The number of para-hydroxylation sites is 1. The first-order valence-corrected chi connectivity index (χ1v) is 9.97. The molecule has 3 rings (SSSR count). The molecule has 0 aliphatic carbocycles. The van der Waals surface area contributed by atoms with Gasteiger partial charge in [-0.2, -0.15) is 0 Å². The second-order valence-electron chi connectivity index (χ2n) is 7.87. The van der Waals surface area contributed by atoms with Gasteiger partial charge in [-0.1, -0.05) is 56.3 Å². The molecule has 0 aliphatic rings. The summed E-state index contributed by atoms with van der Waals surface area (Å²) in [5.74, 6) is -0.0866. The molecule has 0 fully saturated rings. The largest absolute Gasteiger partial charge is 0.297 e. The van der Waals surface area contributed by atoms with Crippen molar-refractivity contribution in [1.29, 1.82) is 0 Å². The van der Waals surface area contributed by atoms with Crippen LogP contribution in [0.2, 0.25) is 0 Å². The molecule has 1 atom stereocenters. The van der Waals surface area contributed by atoms with E-state index in [0.29, 0.717) is 18.4 Å². The van der Waals surface area contributed by atoms with E-state index in [1.807, 2.05) is 43.3 Å². The number of aryl methyl sites for hydroxylation is 1. The molecule has 0 saturated carbocycles. The second kappa shape index (κ2) is 8.40. The van der Waals surface area contributed by atoms with Gasteiger partial charge in [0.2, 0.25) is 0 Å². The number of aromatic nitrogens is 1. The van der Waals surface area contributed by atoms with Crippen molar-refractivity contribution < 1.29 is 9.18 Å². The molecule has 3 aromatic rings. The summed E-state index contributed by atoms with van der Waals surface area (Å²) in [6, 6.07) is 14.8. The highest BCUT2D eigenvalue weighted by Gasteiger charge is 2.36. The minimum absolute atomic E-state index is 0.0210. The van der Waals surface area contributed by atoms with Crippen LogP contribution in [0, 0.1) is 18.7 Å². The average molecular weight is 398 g/mol. The summed E-state index contributed by atoms with van der Waals surface area (Å²) >= 11 is 6.94. The molecule has 1 unspecified atom stereocenters. The first-order chi connectivity index (χ1) is 13.3. The van der Waals surface area contributed by atoms with Crippen molar-refractivity contribution in [3.8, 4) is 0 Å². The number of rotatable bonds is 7. The highest BCUT2D eigenvalue weighted by Crippen LogP contribution is 2.32. The molecule has 4 heteroatoms. The number of benzene rings is 2. The molecular formula is C24H25ClFNO. The van der Waals surface area contributed by atoms with Crippen LogP contribution in [0.3, 0.4) is 0 Å². The van der Waals surface area contributed by atoms with E-state index in [1.165, 1.54) is 6.07 Å². The highest BCUT2D eigenvalue weighted by atomic mass is 35.5. The van der Waals surface area contributed by atoms with Crippen LogP contribution in [0.15, 0.2) is 54.7 Å². The second-order valence-corrected chi connectivity index (χ2v) is 8.59. The Hall–Kier alpha value is -2.26. The van der Waals surface area contributed by atoms with Crippen LogP contribution in [0.5, 0.6) is 0 Å². The van der Waals surface area contributed by atoms with Gasteiger partial charge in [0, 0.05) is 18.0 Å². The van der Waals surface area contributed by atoms with E-state index in [1.54, 1.807) is 12.3 Å². The maximum atomic E-state index is 14.0. The monoisotopic (exact) mass is 397 g/mol. The van der Waals surface area contributed by atoms with Crippen LogP contribution in [-0.2, 0) is 17.6 Å². The summed E-state index contributed by atoms with van der Waals surface area (Å²) in [6.07, 6.45) is 2.88. The molecule has 2 aromatic carbocycles. The third-order valence-corrected chi connectivity index (χ3v) is 5.63. The minimum Gasteiger partial charge on any atom is -0.297 e. The molecular weight excluding hydrogens is 373 g/mol. The van der Waals surface area contributed by atoms with E-state index >= 15 is 0 Å². The zero-order valence-electron chi connectivity index (χ0n) is 16.5. The van der Waals surface area contributed by atoms with Crippen molar-refractivity contribution in [2.45, 2.75) is 44.9 Å². The van der Waals surface area contributed by atoms with Gasteiger partial charge < -0.3 is 0 Å². The quantitative estimate of drug-likeness (QED) is 0.453. The summed E-state index contributed by atoms with van der Waals surface area (Å²) in [4.78, 5) is 16.6. The number of Topliss-reactive ketones (excluding diaryl/α,β-unsaturated/α-hetero) is 1. The lowest BCUT2D eigenvalue weighted by atomic mass is 9.84. The van der Waals surface area contributed by atoms with Crippen LogP contribution in [0.25, 0.3) is 10.9 Å². The number of hydrogen-bond acceptors (Lipinski definition) is 2. The Labute approximate surface area is 170 Å². The Kier molecular flexibility index (Phi) is 6.14. The van der Waals surface area contributed by atoms with Gasteiger partial charge in [-0.05, 0) is 48.4 Å². The summed E-state index contributed by atoms with van der Waals surface area (Å²) in [6.45, 7) is 6.05. The number of pyridine rings is 1. The standard InChI is InChI=1S/C24H25ClFNO/c1-16(2)13-24(25,14-18-8-5-4-6-9-18)22(28)12-19-15-27-23-20(17(19)3)10-7-11-21(23)26/h4-11,15-16H,12-14H2,1-3H3. The average Bonchev–Trinajstić information content (AvgIpc) is 2.64. The van der Waals surface area contributed by atoms with Crippen molar-refractivity contribution in [3.05, 3.63) is 77.2 Å². The fourth-order valence-corrected chi connectivity index (χ4v) is 4.25. The number of carbonyl (C=O) groups is 1. The van der Waals surface area contributed by atoms with Gasteiger partial charge in [-0.3, -0.25) is 9.78 Å². The van der Waals surface area contributed by atoms with Gasteiger partial charge in [0.05, 0.1) is 0 Å². The third-order valence-electron chi connectivity index (χ3n) is 5.13. The van der Waals surface area contributed by atoms with Gasteiger partial charge >= 0.3 is 0 Å². The number of carbonyl (C=O) groups excluding carboxylic acids is 1. The zero-order chi connectivity index (χ0) is 20.3. The summed E-state index contributed by atoms with van der Waals surface area (Å²) in [7, 11) is 0. The summed E-state index contributed by atoms with van der Waals surface area (Å²) in [5, 5.41) is 0.734. The predicted octanol–water partition coefficient (Wildman–Crippen LogP) is 6.06. The Morgan fingerprint density at radius 2 is 1.86 bits per heavy atom. The Morgan fingerprint density at radius 1 is 1.14 bits per heavy atom. The third kappa shape index (κ3) is 4.41. The van der Waals surface area contributed by atoms with Gasteiger partial charge in [0.25, 0.3) is 0 Å². The molecule has 0 spiro atoms. The van der Waals surface area contributed by atoms with Crippen LogP contribution >= 0.6 is 11.6 Å². The number of nitrogens with zero attached hydrogens (tertiary/aromatic N) is 1. The number of halogens is 2. The molecule has 0 saturated heterocycles. The number of fused-ring (bicyclic) bond motifs is 1. The smallest absolute Gasteiger partial charge is 0.158 e. The maximum Gasteiger partial charge on any atom is 0.158 e. The number of hydrogen-bond donors (Lipinski definition) is 0. The van der Waals surface area contributed by atoms with Crippen molar-refractivity contribution in [1.82, 2.24) is 4.98 Å². The van der Waals surface area contributed by atoms with Crippen molar-refractivity contribution in [2.24, 2.45) is 5.92 Å². The van der Waals surface area contributed by atoms with Gasteiger partial charge in [-0.15, -0.1) is 11.6 Å². The Bertz CT molecular complexity index is 987. The first-order valence-electron chi connectivity index (χ1n) is 9.59. The summed E-state index contributed by atoms with van der Waals surface area (Å²) in [5.41, 5.74) is 3.05. The molecule has 146 valence electrons. The van der Waals surface area contributed by atoms with Crippen LogP contribution < -0.4 is 0 Å². The van der Waals surface area contributed by atoms with E-state index in [-0.39, 0.29) is 23.9 Å². The summed E-state index contributed by atoms with van der Waals surface area (Å²) < 4.78 is 14.0. The van der Waals surface area contributed by atoms with Gasteiger partial charge in [0.15, 0.2) is 5.78 Å². The van der Waals surface area contributed by atoms with E-state index in [0.717, 1.165) is 22.1 Å². The molecule has 28 heavy (non-hydrogen) atoms. The van der Waals surface area contributed by atoms with Crippen molar-refractivity contribution >= 4 is 28.3 Å². The lowest BCUT2D eigenvalue weighted by Gasteiger charge is -2.28. The van der Waals surface area contributed by atoms with Crippen molar-refractivity contribution in [3.63, 3.8) is 0 Å². The molecule has 0 N–H and O–H groups in total. The van der Waals surface area contributed by atoms with Gasteiger partial charge in [-0.25, -0.2) is 4.39 Å². The molecule has 0 radical (unpaired) electrons. The normalized spacial score (nSPS) is 13.6. The first kappa shape index (κ1) is 20.5. The SMILES string of the molecule is Cc1c(CC(=O)C(Cl)(Cc2ccccc2)CC(C)C)cnc2c(F)cccc12. The van der Waals surface area contributed by atoms with E-state index in [2.05, 4.69) is 18.8 Å². The molecule has 1 heterocycles. The van der Waals surface area contributed by atoms with E-state index < -0.39 is 4.87 Å². The maximum absolute atomic E-state index is 14.0. The van der Waals surface area contributed by atoms with E-state index in [4.69, 9.17) is 11.6 Å². The predicted molar refractivity (Wildman–Crippen MR) is 113 cm³/mol. The number of alkyl halides is 1. The number of ketones is 1. The molecule has 0 amide bonds. The van der Waals surface area contributed by atoms with Crippen LogP contribution in [0.4, 0.5) is 4.39 Å². The molecule has 0 aliphatic heterocycles. The topological polar surface area (TPSA) is 30.0 Å². The fourth-order valence-electron chi connectivity index (χ4n) is 3.72. The molecule has 0 bridgehead atoms. The lowest BCUT2D eigenvalue weighted by Crippen LogP contribution is -2.38. The fraction of sp³-hybridized carbons (Fsp3) is 0.333. The Balaban J connectivity index is 1.91. The minimum atomic E-state index is -0.973. The molecule has 1 aromatic heterocycles. The van der Waals surface area contributed by atoms with Crippen LogP contribution in [-0.4, -0.2) is 15.6 Å². The van der Waals surface area contributed by atoms with E-state index in [9.17, 15) is 9.18 Å². The van der Waals surface area contributed by atoms with Crippen LogP contribution in [0.1, 0.15) is 37.0 Å². The zero-order valence-corrected chi connectivity index (χ0v) is 17.3. The molecule has 2 nitrogen and oxygen atoms in total. The van der Waals surface area contributed by atoms with Gasteiger partial charge in [0.1, 0.15) is 16.2 Å². The highest BCUT2D eigenvalue weighted by molar-refractivity contribution is 6.35. The Morgan fingerprint density at radius 3 is 2.54 bits per heavy atom.